The molecule has 1 aromatic carbocycles. The van der Waals surface area contributed by atoms with Crippen molar-refractivity contribution in [2.45, 2.75) is 64.9 Å². The van der Waals surface area contributed by atoms with E-state index in [9.17, 15) is 0 Å². The molecule has 0 aromatic heterocycles. The van der Waals surface area contributed by atoms with Crippen molar-refractivity contribution in [3.8, 4) is 0 Å². The van der Waals surface area contributed by atoms with Crippen LogP contribution in [-0.2, 0) is 22.3 Å². The van der Waals surface area contributed by atoms with Crippen LogP contribution >= 0.6 is 0 Å². The van der Waals surface area contributed by atoms with Crippen molar-refractivity contribution in [1.82, 2.24) is 0 Å². The fourth-order valence-electron chi connectivity index (χ4n) is 3.50. The van der Waals surface area contributed by atoms with Crippen LogP contribution in [0.2, 0.25) is 0 Å². The number of benzene rings is 1. The minimum atomic E-state index is 0.340. The molecule has 0 saturated carbocycles. The summed E-state index contributed by atoms with van der Waals surface area (Å²) in [6.45, 7) is 9.54. The Balaban J connectivity index is 1.83. The monoisotopic (exact) mass is 333 g/mol. The van der Waals surface area contributed by atoms with Crippen LogP contribution in [0.5, 0.6) is 0 Å². The molecule has 0 radical (unpaired) electrons. The van der Waals surface area contributed by atoms with Crippen molar-refractivity contribution < 1.29 is 9.47 Å². The van der Waals surface area contributed by atoms with Crippen molar-refractivity contribution in [3.05, 3.63) is 34.9 Å². The third kappa shape index (κ3) is 5.87. The molecule has 0 spiro atoms. The normalized spacial score (nSPS) is 18.6. The summed E-state index contributed by atoms with van der Waals surface area (Å²) in [5.74, 6) is 1.10. The van der Waals surface area contributed by atoms with Crippen LogP contribution in [0.4, 0.5) is 0 Å². The van der Waals surface area contributed by atoms with E-state index in [4.69, 9.17) is 15.2 Å². The number of ether oxygens (including phenoxy) is 2. The Morgan fingerprint density at radius 1 is 1.21 bits per heavy atom. The van der Waals surface area contributed by atoms with Crippen LogP contribution in [0.1, 0.15) is 62.6 Å². The SMILES string of the molecule is CCCC(CN)c1ccc2c(c1)CC[C@H](OCCOCC(C)C)C2. The molecule has 24 heavy (non-hydrogen) atoms. The van der Waals surface area contributed by atoms with Crippen LogP contribution < -0.4 is 5.73 Å². The maximum atomic E-state index is 6.01. The van der Waals surface area contributed by atoms with Crippen LogP contribution in [0.15, 0.2) is 18.2 Å². The molecule has 0 fully saturated rings. The summed E-state index contributed by atoms with van der Waals surface area (Å²) < 4.78 is 11.6. The van der Waals surface area contributed by atoms with E-state index < -0.39 is 0 Å². The van der Waals surface area contributed by atoms with Crippen molar-refractivity contribution >= 4 is 0 Å². The fourth-order valence-corrected chi connectivity index (χ4v) is 3.50. The van der Waals surface area contributed by atoms with Gasteiger partial charge in [0.25, 0.3) is 0 Å². The van der Waals surface area contributed by atoms with Gasteiger partial charge in [0.15, 0.2) is 0 Å². The van der Waals surface area contributed by atoms with Crippen molar-refractivity contribution in [1.29, 1.82) is 0 Å². The zero-order chi connectivity index (χ0) is 17.4. The molecular formula is C21H35NO2. The first-order chi connectivity index (χ1) is 11.6. The minimum Gasteiger partial charge on any atom is -0.379 e. The second-order valence-corrected chi connectivity index (χ2v) is 7.45. The first kappa shape index (κ1) is 19.4. The molecule has 0 saturated heterocycles. The molecule has 2 atom stereocenters. The molecule has 3 heteroatoms. The van der Waals surface area contributed by atoms with E-state index in [-0.39, 0.29) is 0 Å². The molecular weight excluding hydrogens is 298 g/mol. The van der Waals surface area contributed by atoms with Gasteiger partial charge in [-0.1, -0.05) is 45.4 Å². The average Bonchev–Trinajstić information content (AvgIpc) is 2.58. The third-order valence-electron chi connectivity index (χ3n) is 4.84. The second kappa shape index (κ2) is 10.2. The maximum Gasteiger partial charge on any atom is 0.0704 e. The van der Waals surface area contributed by atoms with Gasteiger partial charge >= 0.3 is 0 Å². The highest BCUT2D eigenvalue weighted by atomic mass is 16.5. The number of aryl methyl sites for hydroxylation is 1. The molecule has 3 nitrogen and oxygen atoms in total. The molecule has 136 valence electrons. The lowest BCUT2D eigenvalue weighted by atomic mass is 9.85. The van der Waals surface area contributed by atoms with E-state index in [1.807, 2.05) is 0 Å². The van der Waals surface area contributed by atoms with E-state index in [0.29, 0.717) is 31.2 Å². The molecule has 1 aliphatic rings. The van der Waals surface area contributed by atoms with Gasteiger partial charge < -0.3 is 15.2 Å². The Morgan fingerprint density at radius 3 is 2.75 bits per heavy atom. The van der Waals surface area contributed by atoms with Gasteiger partial charge in [-0.25, -0.2) is 0 Å². The highest BCUT2D eigenvalue weighted by Gasteiger charge is 2.20. The Hall–Kier alpha value is -0.900. The summed E-state index contributed by atoms with van der Waals surface area (Å²) >= 11 is 0. The molecule has 1 aliphatic carbocycles. The van der Waals surface area contributed by atoms with Crippen LogP contribution in [0.25, 0.3) is 0 Å². The topological polar surface area (TPSA) is 44.5 Å². The highest BCUT2D eigenvalue weighted by molar-refractivity contribution is 5.36. The summed E-state index contributed by atoms with van der Waals surface area (Å²) in [6.07, 6.45) is 5.96. The van der Waals surface area contributed by atoms with E-state index in [0.717, 1.165) is 32.4 Å². The summed E-state index contributed by atoms with van der Waals surface area (Å²) in [6, 6.07) is 6.97. The Morgan fingerprint density at radius 2 is 2.04 bits per heavy atom. The average molecular weight is 334 g/mol. The molecule has 0 heterocycles. The molecule has 1 unspecified atom stereocenters. The smallest absolute Gasteiger partial charge is 0.0704 e. The predicted octanol–water partition coefficient (Wildman–Crippen LogP) is 4.08. The van der Waals surface area contributed by atoms with Gasteiger partial charge in [-0.2, -0.15) is 0 Å². The van der Waals surface area contributed by atoms with Crippen LogP contribution in [0.3, 0.4) is 0 Å². The van der Waals surface area contributed by atoms with Crippen molar-refractivity contribution in [2.75, 3.05) is 26.4 Å². The molecule has 0 aliphatic heterocycles. The summed E-state index contributed by atoms with van der Waals surface area (Å²) in [5.41, 5.74) is 10.3. The predicted molar refractivity (Wildman–Crippen MR) is 101 cm³/mol. The molecule has 0 bridgehead atoms. The lowest BCUT2D eigenvalue weighted by molar-refractivity contribution is -0.00542. The number of nitrogens with two attached hydrogens (primary N) is 1. The summed E-state index contributed by atoms with van der Waals surface area (Å²) in [5, 5.41) is 0. The zero-order valence-electron chi connectivity index (χ0n) is 15.7. The molecule has 2 rings (SSSR count). The van der Waals surface area contributed by atoms with Gasteiger partial charge in [-0.05, 0) is 60.8 Å². The fraction of sp³-hybridized carbons (Fsp3) is 0.714. The van der Waals surface area contributed by atoms with Gasteiger partial charge in [0.2, 0.25) is 0 Å². The maximum absolute atomic E-state index is 6.01. The van der Waals surface area contributed by atoms with Crippen LogP contribution in [0, 0.1) is 5.92 Å². The largest absolute Gasteiger partial charge is 0.379 e. The Kier molecular flexibility index (Phi) is 8.23. The number of hydrogen-bond donors (Lipinski definition) is 1. The van der Waals surface area contributed by atoms with E-state index in [1.165, 1.54) is 29.5 Å². The van der Waals surface area contributed by atoms with E-state index in [2.05, 4.69) is 39.0 Å². The lowest BCUT2D eigenvalue weighted by Gasteiger charge is -2.26. The molecule has 2 N–H and O–H groups in total. The highest BCUT2D eigenvalue weighted by Crippen LogP contribution is 2.28. The number of rotatable bonds is 10. The summed E-state index contributed by atoms with van der Waals surface area (Å²) in [4.78, 5) is 0. The van der Waals surface area contributed by atoms with E-state index in [1.54, 1.807) is 0 Å². The number of fused-ring (bicyclic) bond motifs is 1. The quantitative estimate of drug-likeness (QED) is 0.656. The van der Waals surface area contributed by atoms with Gasteiger partial charge in [0.05, 0.1) is 19.3 Å². The summed E-state index contributed by atoms with van der Waals surface area (Å²) in [7, 11) is 0. The van der Waals surface area contributed by atoms with E-state index >= 15 is 0 Å². The lowest BCUT2D eigenvalue weighted by Crippen LogP contribution is -2.25. The first-order valence-electron chi connectivity index (χ1n) is 9.65. The number of hydrogen-bond acceptors (Lipinski definition) is 3. The van der Waals surface area contributed by atoms with Gasteiger partial charge in [-0.15, -0.1) is 0 Å². The van der Waals surface area contributed by atoms with Crippen LogP contribution in [-0.4, -0.2) is 32.5 Å². The standard InChI is InChI=1S/C21H35NO2/c1-4-5-20(14-22)18-6-7-19-13-21(9-8-17(19)12-18)24-11-10-23-15-16(2)3/h6-7,12,16,20-21H,4-5,8-11,13-15,22H2,1-3H3/t20?,21-/m0/s1. The van der Waals surface area contributed by atoms with Crippen molar-refractivity contribution in [2.24, 2.45) is 11.7 Å². The van der Waals surface area contributed by atoms with Gasteiger partial charge in [-0.3, -0.25) is 0 Å². The van der Waals surface area contributed by atoms with Gasteiger partial charge in [0.1, 0.15) is 0 Å². The third-order valence-corrected chi connectivity index (χ3v) is 4.84. The Labute approximate surface area is 147 Å². The second-order valence-electron chi connectivity index (χ2n) is 7.45. The minimum absolute atomic E-state index is 0.340. The van der Waals surface area contributed by atoms with Gasteiger partial charge in [0, 0.05) is 6.61 Å². The van der Waals surface area contributed by atoms with Crippen molar-refractivity contribution in [3.63, 3.8) is 0 Å². The first-order valence-corrected chi connectivity index (χ1v) is 9.65. The molecule has 0 amide bonds. The molecule has 1 aromatic rings. The zero-order valence-corrected chi connectivity index (χ0v) is 15.7. The Bertz CT molecular complexity index is 487.